The molecule has 5 heteroatoms. The van der Waals surface area contributed by atoms with Crippen molar-refractivity contribution in [2.45, 2.75) is 6.92 Å². The first-order valence-corrected chi connectivity index (χ1v) is 19.3. The maximum atomic E-state index is 7.87. The molecule has 0 spiro atoms. The van der Waals surface area contributed by atoms with Gasteiger partial charge in [-0.05, 0) is 76.2 Å². The van der Waals surface area contributed by atoms with Gasteiger partial charge in [0.1, 0.15) is 17.0 Å². The highest BCUT2D eigenvalue weighted by Gasteiger charge is 2.13. The van der Waals surface area contributed by atoms with Crippen molar-refractivity contribution in [3.63, 3.8) is 0 Å². The first-order valence-electron chi connectivity index (χ1n) is 18.5. The smallest absolute Gasteiger partial charge is 0.138 e. The summed E-state index contributed by atoms with van der Waals surface area (Å²) in [4.78, 5) is 0. The van der Waals surface area contributed by atoms with Crippen molar-refractivity contribution in [1.82, 2.24) is 0 Å². The summed E-state index contributed by atoms with van der Waals surface area (Å²) in [6.07, 6.45) is 1.46. The van der Waals surface area contributed by atoms with Crippen LogP contribution in [0.5, 0.6) is 0 Å². The highest BCUT2D eigenvalue weighted by atomic mass is 32.1. The van der Waals surface area contributed by atoms with E-state index in [9.17, 15) is 0 Å². The molecule has 0 bridgehead atoms. The number of para-hydroxylation sites is 2. The first kappa shape index (κ1) is 35.9. The van der Waals surface area contributed by atoms with Crippen LogP contribution in [0.2, 0.25) is 0 Å². The van der Waals surface area contributed by atoms with E-state index in [4.69, 9.17) is 21.0 Å². The Kier molecular flexibility index (Phi) is 10.3. The fraction of sp³-hybridized carbons (Fsp3) is 0.0196. The number of rotatable bonds is 5. The fourth-order valence-electron chi connectivity index (χ4n) is 7.13. The van der Waals surface area contributed by atoms with Crippen LogP contribution in [0, 0.1) is 17.7 Å². The van der Waals surface area contributed by atoms with E-state index in [0.29, 0.717) is 0 Å². The lowest BCUT2D eigenvalue weighted by Crippen LogP contribution is -2.10. The largest absolute Gasteiger partial charge is 0.456 e. The zero-order chi connectivity index (χ0) is 38.4. The van der Waals surface area contributed by atoms with E-state index in [0.717, 1.165) is 22.3 Å². The minimum absolute atomic E-state index is 0.121. The van der Waals surface area contributed by atoms with Crippen LogP contribution in [0.3, 0.4) is 0 Å². The molecule has 0 unspecified atom stereocenters. The number of amidine groups is 1. The molecule has 0 radical (unpaired) electrons. The third-order valence-corrected chi connectivity index (χ3v) is 11.0. The molecule has 0 aliphatic heterocycles. The minimum Gasteiger partial charge on any atom is -0.456 e. The van der Waals surface area contributed by atoms with Gasteiger partial charge >= 0.3 is 0 Å². The first-order chi connectivity index (χ1) is 27.5. The minimum atomic E-state index is 0.121. The van der Waals surface area contributed by atoms with Gasteiger partial charge in [0.25, 0.3) is 0 Å². The summed E-state index contributed by atoms with van der Waals surface area (Å²) in [6.45, 7) is 2.07. The molecule has 8 aromatic carbocycles. The summed E-state index contributed by atoms with van der Waals surface area (Å²) in [5, 5.41) is 19.7. The lowest BCUT2D eigenvalue weighted by molar-refractivity contribution is 0.666. The summed E-state index contributed by atoms with van der Waals surface area (Å²) < 4.78 is 8.27. The molecule has 10 aromatic rings. The summed E-state index contributed by atoms with van der Waals surface area (Å²) in [7, 11) is 0. The number of hydrogen-bond acceptors (Lipinski definition) is 4. The van der Waals surface area contributed by atoms with E-state index < -0.39 is 0 Å². The number of benzene rings is 8. The summed E-state index contributed by atoms with van der Waals surface area (Å²) in [5.41, 5.74) is 17.4. The van der Waals surface area contributed by atoms with Gasteiger partial charge in [-0.15, -0.1) is 11.3 Å². The van der Waals surface area contributed by atoms with Crippen molar-refractivity contribution < 1.29 is 4.42 Å². The van der Waals surface area contributed by atoms with Gasteiger partial charge in [0.2, 0.25) is 0 Å². The lowest BCUT2D eigenvalue weighted by atomic mass is 9.92. The molecule has 10 rings (SSSR count). The fourth-order valence-corrected chi connectivity index (χ4v) is 8.25. The van der Waals surface area contributed by atoms with Crippen LogP contribution in [0.15, 0.2) is 192 Å². The number of furan rings is 1. The van der Waals surface area contributed by atoms with Gasteiger partial charge in [0.05, 0.1) is 0 Å². The second kappa shape index (κ2) is 16.1. The van der Waals surface area contributed by atoms with Crippen LogP contribution < -0.4 is 5.73 Å². The van der Waals surface area contributed by atoms with Gasteiger partial charge in [-0.25, -0.2) is 0 Å². The van der Waals surface area contributed by atoms with E-state index in [1.54, 1.807) is 11.3 Å². The van der Waals surface area contributed by atoms with Gasteiger partial charge < -0.3 is 15.6 Å². The van der Waals surface area contributed by atoms with Gasteiger partial charge in [0.15, 0.2) is 0 Å². The average molecular weight is 742 g/mol. The zero-order valence-electron chi connectivity index (χ0n) is 30.9. The van der Waals surface area contributed by atoms with Gasteiger partial charge in [-0.1, -0.05) is 158 Å². The maximum Gasteiger partial charge on any atom is 0.138 e. The van der Waals surface area contributed by atoms with Crippen LogP contribution in [0.1, 0.15) is 16.7 Å². The van der Waals surface area contributed by atoms with Crippen molar-refractivity contribution in [1.29, 1.82) is 10.8 Å². The normalized spacial score (nSPS) is 10.8. The third kappa shape index (κ3) is 7.36. The van der Waals surface area contributed by atoms with E-state index in [-0.39, 0.29) is 5.84 Å². The summed E-state index contributed by atoms with van der Waals surface area (Å²) in [5.74, 6) is 0.121. The molecule has 2 aromatic heterocycles. The number of fused-ring (bicyclic) bond motifs is 6. The molecule has 2 heterocycles. The average Bonchev–Trinajstić information content (AvgIpc) is 3.84. The second-order valence-corrected chi connectivity index (χ2v) is 14.6. The predicted octanol–water partition coefficient (Wildman–Crippen LogP) is 13.9. The molecule has 56 heavy (non-hydrogen) atoms. The quantitative estimate of drug-likeness (QED) is 0.121. The molecule has 0 atom stereocenters. The Morgan fingerprint density at radius 1 is 0.536 bits per heavy atom. The molecule has 4 nitrogen and oxygen atoms in total. The molecule has 4 N–H and O–H groups in total. The molecule has 270 valence electrons. The Morgan fingerprint density at radius 2 is 1.14 bits per heavy atom. The maximum absolute atomic E-state index is 7.87. The van der Waals surface area contributed by atoms with Crippen LogP contribution in [-0.4, -0.2) is 12.1 Å². The molecule has 0 saturated carbocycles. The number of nitrogen functional groups attached to an aromatic ring is 1. The Balaban J connectivity index is 0.000000156. The van der Waals surface area contributed by atoms with Crippen molar-refractivity contribution >= 4 is 65.5 Å². The molecule has 0 amide bonds. The van der Waals surface area contributed by atoms with E-state index in [2.05, 4.69) is 134 Å². The van der Waals surface area contributed by atoms with E-state index >= 15 is 0 Å². The van der Waals surface area contributed by atoms with Crippen molar-refractivity contribution in [2.75, 3.05) is 0 Å². The highest BCUT2D eigenvalue weighted by molar-refractivity contribution is 7.25. The molecule has 0 fully saturated rings. The van der Waals surface area contributed by atoms with Crippen molar-refractivity contribution in [2.24, 2.45) is 5.73 Å². The van der Waals surface area contributed by atoms with Crippen molar-refractivity contribution in [3.05, 3.63) is 205 Å². The highest BCUT2D eigenvalue weighted by Crippen LogP contribution is 2.40. The molecule has 0 aliphatic rings. The number of nitrogens with two attached hydrogens (primary N) is 1. The van der Waals surface area contributed by atoms with Crippen LogP contribution >= 0.6 is 11.3 Å². The van der Waals surface area contributed by atoms with E-state index in [1.165, 1.54) is 76.1 Å². The molecule has 0 saturated heterocycles. The summed E-state index contributed by atoms with van der Waals surface area (Å²) >= 11 is 1.79. The Bertz CT molecular complexity index is 2980. The molecule has 0 aliphatic carbocycles. The SMILES string of the molecule is Cc1cccc2c1oc1ccccc12.N=C(N)c1ccccc1.N=Cc1cccc2sc3ccc(-c4ccccc4-c4cccc(-c5ccccc5)c4)cc3c12. The number of nitrogens with one attached hydrogen (secondary N) is 2. The second-order valence-electron chi connectivity index (χ2n) is 13.5. The number of hydrogen-bond donors (Lipinski definition) is 3. The number of thiophene rings is 1. The Hall–Kier alpha value is -7.08. The number of aryl methyl sites for hydroxylation is 1. The predicted molar refractivity (Wildman–Crippen MR) is 239 cm³/mol. The standard InChI is InChI=1S/C31H21NS.C13H10O.C7H8N2/c32-20-25-12-7-15-30-31(25)28-19-24(16-17-29(28)33-30)27-14-5-4-13-26(27)23-11-6-10-22(18-23)21-8-2-1-3-9-21;1-9-5-4-7-11-10-6-2-3-8-12(10)14-13(9)11;8-7(9)6-4-2-1-3-5-6/h1-20,32H;2-8H,1H3;1-5H,(H3,8,9). The zero-order valence-corrected chi connectivity index (χ0v) is 31.7. The summed E-state index contributed by atoms with van der Waals surface area (Å²) in [6, 6.07) is 64.5. The lowest BCUT2D eigenvalue weighted by Gasteiger charge is -2.12. The monoisotopic (exact) mass is 741 g/mol. The Labute approximate surface area is 330 Å². The van der Waals surface area contributed by atoms with Crippen molar-refractivity contribution in [3.8, 4) is 33.4 Å². The van der Waals surface area contributed by atoms with E-state index in [1.807, 2.05) is 60.7 Å². The molecular weight excluding hydrogens is 703 g/mol. The van der Waals surface area contributed by atoms with Gasteiger partial charge in [-0.3, -0.25) is 5.41 Å². The van der Waals surface area contributed by atoms with Gasteiger partial charge in [-0.2, -0.15) is 0 Å². The van der Waals surface area contributed by atoms with Crippen LogP contribution in [-0.2, 0) is 0 Å². The Morgan fingerprint density at radius 3 is 1.88 bits per heavy atom. The van der Waals surface area contributed by atoms with Crippen LogP contribution in [0.4, 0.5) is 0 Å². The van der Waals surface area contributed by atoms with Gasteiger partial charge in [0, 0.05) is 48.3 Å². The molecular formula is C51H39N3OS. The van der Waals surface area contributed by atoms with Crippen LogP contribution in [0.25, 0.3) is 75.5 Å². The topological polar surface area (TPSA) is 86.9 Å². The third-order valence-electron chi connectivity index (χ3n) is 9.89.